The summed E-state index contributed by atoms with van der Waals surface area (Å²) in [6.45, 7) is 20.6. The summed E-state index contributed by atoms with van der Waals surface area (Å²) in [6, 6.07) is 16.9. The van der Waals surface area contributed by atoms with Gasteiger partial charge in [-0.3, -0.25) is 9.78 Å². The minimum atomic E-state index is -0.0109. The summed E-state index contributed by atoms with van der Waals surface area (Å²) in [4.78, 5) is 15.2. The fraction of sp³-hybridized carbons (Fsp3) is 0.333. The number of benzene rings is 2. The molecule has 1 N–H and O–H groups in total. The molecule has 0 aliphatic heterocycles. The second-order valence-electron chi connectivity index (χ2n) is 8.25. The molecule has 33 heavy (non-hydrogen) atoms. The van der Waals surface area contributed by atoms with E-state index in [2.05, 4.69) is 74.9 Å². The molecule has 0 unspecified atom stereocenters. The van der Waals surface area contributed by atoms with Gasteiger partial charge in [-0.05, 0) is 97.7 Å². The van der Waals surface area contributed by atoms with Crippen LogP contribution in [0.25, 0.3) is 5.57 Å². The van der Waals surface area contributed by atoms with Crippen LogP contribution in [0.5, 0.6) is 0 Å². The molecule has 3 aromatic rings. The Balaban J connectivity index is 0.000000380. The molecule has 0 radical (unpaired) electrons. The molecule has 0 atom stereocenters. The van der Waals surface area contributed by atoms with Crippen molar-refractivity contribution in [2.24, 2.45) is 0 Å². The standard InChI is InChI=1S/C18H20N2O.C10H14.C2H6/c1-13(2)18-11-17(8-9-19-18)10-15-4-6-16(7-5-15)12-20-14(3)21;1-7-5-9(3)10(4)6-8(7)2;1-2/h4-9,11H,1,10,12H2,2-3H3,(H,20,21);5-6H,1-4H3;1-2H3. The molecule has 0 aliphatic carbocycles. The molecule has 0 bridgehead atoms. The molecule has 0 spiro atoms. The van der Waals surface area contributed by atoms with Crippen molar-refractivity contribution in [3.63, 3.8) is 0 Å². The number of nitrogens with one attached hydrogen (secondary N) is 1. The summed E-state index contributed by atoms with van der Waals surface area (Å²) in [5.41, 5.74) is 11.0. The molecule has 0 saturated carbocycles. The number of amides is 1. The average Bonchev–Trinajstić information content (AvgIpc) is 2.79. The molecular formula is C30H40N2O. The number of allylic oxidation sites excluding steroid dienone is 1. The van der Waals surface area contributed by atoms with E-state index in [0.29, 0.717) is 6.54 Å². The van der Waals surface area contributed by atoms with Crippen LogP contribution in [-0.4, -0.2) is 10.9 Å². The number of hydrogen-bond acceptors (Lipinski definition) is 2. The van der Waals surface area contributed by atoms with Crippen molar-refractivity contribution >= 4 is 11.5 Å². The SMILES string of the molecule is C=C(C)c1cc(Cc2ccc(CNC(C)=O)cc2)ccn1.CC.Cc1cc(C)c(C)cc1C. The lowest BCUT2D eigenvalue weighted by molar-refractivity contribution is -0.119. The van der Waals surface area contributed by atoms with Gasteiger partial charge in [0, 0.05) is 19.7 Å². The van der Waals surface area contributed by atoms with Crippen molar-refractivity contribution in [1.82, 2.24) is 10.3 Å². The third kappa shape index (κ3) is 9.86. The van der Waals surface area contributed by atoms with Crippen molar-refractivity contribution in [3.05, 3.63) is 106 Å². The highest BCUT2D eigenvalue weighted by molar-refractivity contribution is 5.72. The molecule has 3 heteroatoms. The normalized spacial score (nSPS) is 9.70. The van der Waals surface area contributed by atoms with Crippen molar-refractivity contribution in [2.75, 3.05) is 0 Å². The molecule has 1 heterocycles. The number of hydrogen-bond donors (Lipinski definition) is 1. The van der Waals surface area contributed by atoms with Gasteiger partial charge in [0.2, 0.25) is 5.91 Å². The van der Waals surface area contributed by atoms with Gasteiger partial charge in [0.25, 0.3) is 0 Å². The number of carbonyl (C=O) groups excluding carboxylic acids is 1. The van der Waals surface area contributed by atoms with Crippen LogP contribution in [0.1, 0.15) is 72.3 Å². The smallest absolute Gasteiger partial charge is 0.217 e. The molecule has 2 aromatic carbocycles. The molecule has 0 aliphatic rings. The zero-order chi connectivity index (χ0) is 25.0. The predicted octanol–water partition coefficient (Wildman–Crippen LogP) is 7.29. The maximum atomic E-state index is 10.9. The van der Waals surface area contributed by atoms with Gasteiger partial charge >= 0.3 is 0 Å². The zero-order valence-corrected chi connectivity index (χ0v) is 21.7. The van der Waals surface area contributed by atoms with E-state index in [9.17, 15) is 4.79 Å². The molecule has 1 aromatic heterocycles. The summed E-state index contributed by atoms with van der Waals surface area (Å²) in [5.74, 6) is -0.0109. The molecule has 0 fully saturated rings. The fourth-order valence-electron chi connectivity index (χ4n) is 3.16. The highest BCUT2D eigenvalue weighted by Gasteiger charge is 2.01. The van der Waals surface area contributed by atoms with E-state index in [0.717, 1.165) is 23.3 Å². The first-order chi connectivity index (χ1) is 15.7. The van der Waals surface area contributed by atoms with Crippen LogP contribution in [0.15, 0.2) is 61.3 Å². The van der Waals surface area contributed by atoms with Crippen LogP contribution in [0.2, 0.25) is 0 Å². The third-order valence-electron chi connectivity index (χ3n) is 5.34. The first kappa shape index (κ1) is 27.8. The summed E-state index contributed by atoms with van der Waals surface area (Å²) in [6.07, 6.45) is 2.69. The van der Waals surface area contributed by atoms with Gasteiger partial charge in [0.15, 0.2) is 0 Å². The van der Waals surface area contributed by atoms with E-state index in [1.807, 2.05) is 45.2 Å². The monoisotopic (exact) mass is 444 g/mol. The van der Waals surface area contributed by atoms with Gasteiger partial charge < -0.3 is 5.32 Å². The number of nitrogens with zero attached hydrogens (tertiary/aromatic N) is 1. The number of carbonyl (C=O) groups is 1. The molecule has 176 valence electrons. The topological polar surface area (TPSA) is 42.0 Å². The summed E-state index contributed by atoms with van der Waals surface area (Å²) >= 11 is 0. The van der Waals surface area contributed by atoms with Crippen LogP contribution in [0, 0.1) is 27.7 Å². The quantitative estimate of drug-likeness (QED) is 0.449. The summed E-state index contributed by atoms with van der Waals surface area (Å²) < 4.78 is 0. The van der Waals surface area contributed by atoms with Crippen LogP contribution < -0.4 is 5.32 Å². The van der Waals surface area contributed by atoms with Gasteiger partial charge in [-0.1, -0.05) is 56.8 Å². The molecule has 3 nitrogen and oxygen atoms in total. The Kier molecular flexibility index (Phi) is 11.9. The Morgan fingerprint density at radius 2 is 1.27 bits per heavy atom. The van der Waals surface area contributed by atoms with Crippen LogP contribution in [0.3, 0.4) is 0 Å². The molecule has 0 saturated heterocycles. The highest BCUT2D eigenvalue weighted by atomic mass is 16.1. The van der Waals surface area contributed by atoms with Crippen molar-refractivity contribution in [3.8, 4) is 0 Å². The Morgan fingerprint density at radius 1 is 0.788 bits per heavy atom. The van der Waals surface area contributed by atoms with E-state index >= 15 is 0 Å². The van der Waals surface area contributed by atoms with Crippen molar-refractivity contribution < 1.29 is 4.79 Å². The summed E-state index contributed by atoms with van der Waals surface area (Å²) in [5, 5.41) is 2.79. The van der Waals surface area contributed by atoms with Crippen molar-refractivity contribution in [2.45, 2.75) is 68.4 Å². The lowest BCUT2D eigenvalue weighted by Crippen LogP contribution is -2.18. The Morgan fingerprint density at radius 3 is 1.73 bits per heavy atom. The minimum absolute atomic E-state index is 0.0109. The van der Waals surface area contributed by atoms with Gasteiger partial charge in [-0.15, -0.1) is 0 Å². The minimum Gasteiger partial charge on any atom is -0.352 e. The van der Waals surface area contributed by atoms with Crippen LogP contribution >= 0.6 is 0 Å². The van der Waals surface area contributed by atoms with E-state index in [-0.39, 0.29) is 5.91 Å². The Bertz CT molecular complexity index is 999. The largest absolute Gasteiger partial charge is 0.352 e. The van der Waals surface area contributed by atoms with Gasteiger partial charge in [0.1, 0.15) is 0 Å². The second-order valence-corrected chi connectivity index (χ2v) is 8.25. The van der Waals surface area contributed by atoms with Gasteiger partial charge in [0.05, 0.1) is 5.69 Å². The predicted molar refractivity (Wildman–Crippen MR) is 142 cm³/mol. The number of rotatable bonds is 5. The van der Waals surface area contributed by atoms with E-state index in [1.54, 1.807) is 0 Å². The van der Waals surface area contributed by atoms with Crippen LogP contribution in [-0.2, 0) is 17.8 Å². The number of pyridine rings is 1. The zero-order valence-electron chi connectivity index (χ0n) is 21.7. The lowest BCUT2D eigenvalue weighted by Gasteiger charge is -2.06. The fourth-order valence-corrected chi connectivity index (χ4v) is 3.16. The highest BCUT2D eigenvalue weighted by Crippen LogP contribution is 2.15. The van der Waals surface area contributed by atoms with Gasteiger partial charge in [-0.2, -0.15) is 0 Å². The maximum Gasteiger partial charge on any atom is 0.217 e. The lowest BCUT2D eigenvalue weighted by atomic mass is 10.0. The first-order valence-electron chi connectivity index (χ1n) is 11.6. The number of aryl methyl sites for hydroxylation is 4. The Labute approximate surface area is 201 Å². The first-order valence-corrected chi connectivity index (χ1v) is 11.6. The van der Waals surface area contributed by atoms with Crippen molar-refractivity contribution in [1.29, 1.82) is 0 Å². The van der Waals surface area contributed by atoms with Gasteiger partial charge in [-0.25, -0.2) is 0 Å². The molecular weight excluding hydrogens is 404 g/mol. The van der Waals surface area contributed by atoms with E-state index < -0.39 is 0 Å². The Hall–Kier alpha value is -3.20. The average molecular weight is 445 g/mol. The second kappa shape index (κ2) is 14.1. The maximum absolute atomic E-state index is 10.9. The number of aromatic nitrogens is 1. The molecule has 1 amide bonds. The third-order valence-corrected chi connectivity index (χ3v) is 5.34. The summed E-state index contributed by atoms with van der Waals surface area (Å²) in [7, 11) is 0. The van der Waals surface area contributed by atoms with E-state index in [1.165, 1.54) is 40.3 Å². The molecule has 3 rings (SSSR count). The van der Waals surface area contributed by atoms with Crippen LogP contribution in [0.4, 0.5) is 0 Å². The van der Waals surface area contributed by atoms with E-state index in [4.69, 9.17) is 0 Å².